The number of allylic oxidation sites excluding steroid dienone is 2. The first-order chi connectivity index (χ1) is 16.1. The third-order valence-corrected chi connectivity index (χ3v) is 6.53. The summed E-state index contributed by atoms with van der Waals surface area (Å²) in [6.45, 7) is 5.01. The highest BCUT2D eigenvalue weighted by atomic mass is 16.5. The molecule has 0 spiro atoms. The fourth-order valence-corrected chi connectivity index (χ4v) is 4.45. The standard InChI is InChI=1S/C25H34N4O4/c1-18-27-25(33-28-18)29-14-11-19(12-15-29)17-32-23-9-7-21(8-10-23)20-3-5-22(6-4-20)24(31)26-13-2-16-30/h3,7-10,19,22,30H,2,4-6,11-17H2,1H3,(H,26,31). The quantitative estimate of drug-likeness (QED) is 0.560. The van der Waals surface area contributed by atoms with Crippen molar-refractivity contribution in [3.05, 3.63) is 41.7 Å². The smallest absolute Gasteiger partial charge is 0.324 e. The number of nitrogens with zero attached hydrogens (tertiary/aromatic N) is 3. The maximum atomic E-state index is 12.2. The number of aromatic nitrogens is 2. The van der Waals surface area contributed by atoms with Gasteiger partial charge in [-0.25, -0.2) is 0 Å². The maximum Gasteiger partial charge on any atom is 0.324 e. The predicted octanol–water partition coefficient (Wildman–Crippen LogP) is 3.36. The number of rotatable bonds is 9. The summed E-state index contributed by atoms with van der Waals surface area (Å²) in [7, 11) is 0. The Balaban J connectivity index is 1.20. The fourth-order valence-electron chi connectivity index (χ4n) is 4.45. The molecule has 1 atom stereocenters. The number of hydrogen-bond donors (Lipinski definition) is 2. The number of aliphatic hydroxyl groups is 1. The van der Waals surface area contributed by atoms with Gasteiger partial charge in [0.05, 0.1) is 6.61 Å². The third kappa shape index (κ3) is 6.35. The Kier molecular flexibility index (Phi) is 7.99. The zero-order chi connectivity index (χ0) is 23.0. The molecular weight excluding hydrogens is 420 g/mol. The number of aliphatic hydroxyl groups excluding tert-OH is 1. The van der Waals surface area contributed by atoms with E-state index in [0.717, 1.165) is 50.9 Å². The van der Waals surface area contributed by atoms with E-state index in [-0.39, 0.29) is 18.4 Å². The minimum Gasteiger partial charge on any atom is -0.493 e. The maximum absolute atomic E-state index is 12.2. The Morgan fingerprint density at radius 2 is 2.03 bits per heavy atom. The monoisotopic (exact) mass is 454 g/mol. The Bertz CT molecular complexity index is 932. The van der Waals surface area contributed by atoms with Crippen LogP contribution >= 0.6 is 0 Å². The van der Waals surface area contributed by atoms with Crippen LogP contribution in [0.3, 0.4) is 0 Å². The Hall–Kier alpha value is -2.87. The van der Waals surface area contributed by atoms with E-state index in [1.165, 1.54) is 11.1 Å². The van der Waals surface area contributed by atoms with Gasteiger partial charge in [-0.2, -0.15) is 4.98 Å². The van der Waals surface area contributed by atoms with Crippen molar-refractivity contribution in [2.45, 2.75) is 45.4 Å². The summed E-state index contributed by atoms with van der Waals surface area (Å²) in [5.41, 5.74) is 2.49. The zero-order valence-electron chi connectivity index (χ0n) is 19.3. The number of ether oxygens (including phenoxy) is 1. The number of piperidine rings is 1. The summed E-state index contributed by atoms with van der Waals surface area (Å²) in [6, 6.07) is 8.93. The molecule has 0 saturated carbocycles. The van der Waals surface area contributed by atoms with E-state index in [2.05, 4.69) is 38.6 Å². The van der Waals surface area contributed by atoms with Crippen molar-refractivity contribution >= 4 is 17.5 Å². The van der Waals surface area contributed by atoms with E-state index in [1.807, 2.05) is 19.1 Å². The van der Waals surface area contributed by atoms with Crippen LogP contribution in [0.15, 0.2) is 34.9 Å². The molecule has 2 heterocycles. The van der Waals surface area contributed by atoms with Crippen molar-refractivity contribution in [1.82, 2.24) is 15.5 Å². The van der Waals surface area contributed by atoms with E-state index >= 15 is 0 Å². The molecule has 178 valence electrons. The lowest BCUT2D eigenvalue weighted by molar-refractivity contribution is -0.125. The first-order valence-electron chi connectivity index (χ1n) is 12.0. The van der Waals surface area contributed by atoms with E-state index in [9.17, 15) is 4.79 Å². The molecule has 1 unspecified atom stereocenters. The van der Waals surface area contributed by atoms with Crippen LogP contribution in [0.2, 0.25) is 0 Å². The van der Waals surface area contributed by atoms with Crippen LogP contribution in [-0.2, 0) is 4.79 Å². The number of benzene rings is 1. The molecule has 33 heavy (non-hydrogen) atoms. The summed E-state index contributed by atoms with van der Waals surface area (Å²) in [5.74, 6) is 2.21. The molecule has 1 aliphatic carbocycles. The Morgan fingerprint density at radius 3 is 2.67 bits per heavy atom. The van der Waals surface area contributed by atoms with Gasteiger partial charge in [0.15, 0.2) is 5.82 Å². The van der Waals surface area contributed by atoms with Crippen molar-refractivity contribution < 1.29 is 19.2 Å². The summed E-state index contributed by atoms with van der Waals surface area (Å²) in [4.78, 5) is 18.7. The van der Waals surface area contributed by atoms with Crippen molar-refractivity contribution in [2.75, 3.05) is 37.7 Å². The van der Waals surface area contributed by atoms with Crippen molar-refractivity contribution in [1.29, 1.82) is 0 Å². The molecule has 4 rings (SSSR count). The number of nitrogens with one attached hydrogen (secondary N) is 1. The highest BCUT2D eigenvalue weighted by Crippen LogP contribution is 2.31. The fraction of sp³-hybridized carbons (Fsp3) is 0.560. The molecule has 1 aromatic heterocycles. The number of anilines is 1. The first kappa shape index (κ1) is 23.3. The second-order valence-corrected chi connectivity index (χ2v) is 8.96. The lowest BCUT2D eigenvalue weighted by Gasteiger charge is -2.30. The summed E-state index contributed by atoms with van der Waals surface area (Å²) < 4.78 is 11.3. The SMILES string of the molecule is Cc1noc(N2CCC(COc3ccc(C4=CCC(C(=O)NCCCO)CC4)cc3)CC2)n1. The lowest BCUT2D eigenvalue weighted by atomic mass is 9.86. The number of amides is 1. The summed E-state index contributed by atoms with van der Waals surface area (Å²) >= 11 is 0. The molecule has 8 nitrogen and oxygen atoms in total. The molecule has 2 aliphatic rings. The Morgan fingerprint density at radius 1 is 1.24 bits per heavy atom. The van der Waals surface area contributed by atoms with Gasteiger partial charge in [-0.1, -0.05) is 23.4 Å². The van der Waals surface area contributed by atoms with Crippen molar-refractivity contribution in [3.8, 4) is 5.75 Å². The average Bonchev–Trinajstić information content (AvgIpc) is 3.30. The lowest BCUT2D eigenvalue weighted by Crippen LogP contribution is -2.35. The molecule has 2 N–H and O–H groups in total. The average molecular weight is 455 g/mol. The van der Waals surface area contributed by atoms with E-state index in [4.69, 9.17) is 14.4 Å². The van der Waals surface area contributed by atoms with Gasteiger partial charge in [0, 0.05) is 32.2 Å². The number of carbonyl (C=O) groups is 1. The zero-order valence-corrected chi connectivity index (χ0v) is 19.3. The first-order valence-corrected chi connectivity index (χ1v) is 12.0. The molecule has 0 radical (unpaired) electrons. The highest BCUT2D eigenvalue weighted by molar-refractivity contribution is 5.80. The van der Waals surface area contributed by atoms with Crippen molar-refractivity contribution in [3.63, 3.8) is 0 Å². The molecule has 0 bridgehead atoms. The minimum absolute atomic E-state index is 0.0327. The van der Waals surface area contributed by atoms with E-state index in [1.54, 1.807) is 0 Å². The van der Waals surface area contributed by atoms with Gasteiger partial charge in [0.25, 0.3) is 0 Å². The highest BCUT2D eigenvalue weighted by Gasteiger charge is 2.24. The topological polar surface area (TPSA) is 101 Å². The molecule has 1 fully saturated rings. The van der Waals surface area contributed by atoms with Crippen LogP contribution < -0.4 is 15.0 Å². The number of aryl methyl sites for hydroxylation is 1. The van der Waals surface area contributed by atoms with Gasteiger partial charge in [-0.05, 0) is 74.6 Å². The predicted molar refractivity (Wildman–Crippen MR) is 126 cm³/mol. The van der Waals surface area contributed by atoms with Gasteiger partial charge in [-0.15, -0.1) is 0 Å². The minimum atomic E-state index is 0.0327. The second-order valence-electron chi connectivity index (χ2n) is 8.96. The number of hydrogen-bond acceptors (Lipinski definition) is 7. The molecule has 8 heteroatoms. The van der Waals surface area contributed by atoms with Gasteiger partial charge in [-0.3, -0.25) is 4.79 Å². The van der Waals surface area contributed by atoms with Crippen molar-refractivity contribution in [2.24, 2.45) is 11.8 Å². The summed E-state index contributed by atoms with van der Waals surface area (Å²) in [5, 5.41) is 15.6. The second kappa shape index (κ2) is 11.3. The molecule has 1 amide bonds. The van der Waals surface area contributed by atoms with Gasteiger partial charge >= 0.3 is 6.01 Å². The Labute approximate surface area is 195 Å². The van der Waals surface area contributed by atoms with Crippen LogP contribution in [0, 0.1) is 18.8 Å². The van der Waals surface area contributed by atoms with Crippen LogP contribution in [0.25, 0.3) is 5.57 Å². The normalized spacial score (nSPS) is 19.3. The van der Waals surface area contributed by atoms with E-state index < -0.39 is 0 Å². The summed E-state index contributed by atoms with van der Waals surface area (Å²) in [6.07, 6.45) is 7.40. The largest absolute Gasteiger partial charge is 0.493 e. The molecular formula is C25H34N4O4. The number of carbonyl (C=O) groups excluding carboxylic acids is 1. The van der Waals surface area contributed by atoms with Crippen LogP contribution in [0.4, 0.5) is 6.01 Å². The molecule has 2 aromatic rings. The van der Waals surface area contributed by atoms with Crippen LogP contribution in [0.5, 0.6) is 5.75 Å². The van der Waals surface area contributed by atoms with Gasteiger partial charge in [0.2, 0.25) is 5.91 Å². The van der Waals surface area contributed by atoms with Crippen LogP contribution in [-0.4, -0.2) is 54.0 Å². The van der Waals surface area contributed by atoms with Gasteiger partial charge in [0.1, 0.15) is 5.75 Å². The molecule has 1 aliphatic heterocycles. The molecule has 1 aromatic carbocycles. The van der Waals surface area contributed by atoms with E-state index in [0.29, 0.717) is 37.3 Å². The van der Waals surface area contributed by atoms with Gasteiger partial charge < -0.3 is 24.6 Å². The molecule has 1 saturated heterocycles. The third-order valence-electron chi connectivity index (χ3n) is 6.53. The van der Waals surface area contributed by atoms with Crippen LogP contribution in [0.1, 0.15) is 49.9 Å².